The van der Waals surface area contributed by atoms with E-state index in [4.69, 9.17) is 17.3 Å². The van der Waals surface area contributed by atoms with Crippen LogP contribution < -0.4 is 0 Å². The number of aromatic nitrogens is 3. The fourth-order valence-electron chi connectivity index (χ4n) is 3.46. The molecular formula is C20H23N5OS2. The van der Waals surface area contributed by atoms with E-state index in [1.165, 1.54) is 11.3 Å². The van der Waals surface area contributed by atoms with Crippen LogP contribution in [0.3, 0.4) is 0 Å². The number of hydrogen-bond acceptors (Lipinski definition) is 5. The summed E-state index contributed by atoms with van der Waals surface area (Å²) < 4.78 is 4.71. The van der Waals surface area contributed by atoms with Gasteiger partial charge in [0.1, 0.15) is 0 Å². The van der Waals surface area contributed by atoms with E-state index in [0.29, 0.717) is 6.67 Å². The van der Waals surface area contributed by atoms with Crippen molar-refractivity contribution < 1.29 is 4.79 Å². The van der Waals surface area contributed by atoms with Crippen molar-refractivity contribution in [1.82, 2.24) is 24.1 Å². The van der Waals surface area contributed by atoms with Gasteiger partial charge in [-0.2, -0.15) is 5.10 Å². The maximum atomic E-state index is 12.5. The molecule has 2 aromatic heterocycles. The molecule has 3 aromatic rings. The van der Waals surface area contributed by atoms with E-state index in [-0.39, 0.29) is 5.91 Å². The first-order chi connectivity index (χ1) is 13.7. The summed E-state index contributed by atoms with van der Waals surface area (Å²) in [5.41, 5.74) is 1.07. The van der Waals surface area contributed by atoms with Crippen LogP contribution in [0.4, 0.5) is 0 Å². The van der Waals surface area contributed by atoms with Crippen molar-refractivity contribution >= 4 is 29.5 Å². The first-order valence-electron chi connectivity index (χ1n) is 9.45. The van der Waals surface area contributed by atoms with Crippen molar-refractivity contribution in [3.8, 4) is 11.4 Å². The Kier molecular flexibility index (Phi) is 5.70. The average molecular weight is 414 g/mol. The Bertz CT molecular complexity index is 986. The summed E-state index contributed by atoms with van der Waals surface area (Å²) >= 11 is 7.17. The molecule has 1 aromatic carbocycles. The molecule has 8 heteroatoms. The lowest BCUT2D eigenvalue weighted by atomic mass is 10.2. The molecule has 0 bridgehead atoms. The zero-order valence-electron chi connectivity index (χ0n) is 15.8. The molecule has 0 saturated carbocycles. The van der Waals surface area contributed by atoms with Crippen LogP contribution in [-0.2, 0) is 13.2 Å². The Morgan fingerprint density at radius 2 is 1.86 bits per heavy atom. The summed E-state index contributed by atoms with van der Waals surface area (Å²) in [6, 6.07) is 14.0. The monoisotopic (exact) mass is 413 g/mol. The molecule has 146 valence electrons. The van der Waals surface area contributed by atoms with Crippen molar-refractivity contribution in [3.05, 3.63) is 57.5 Å². The third-order valence-corrected chi connectivity index (χ3v) is 6.29. The summed E-state index contributed by atoms with van der Waals surface area (Å²) in [5.74, 6) is 1.03. The number of thiophene rings is 1. The molecular weight excluding hydrogens is 390 g/mol. The van der Waals surface area contributed by atoms with Gasteiger partial charge >= 0.3 is 0 Å². The Labute approximate surface area is 173 Å². The van der Waals surface area contributed by atoms with Gasteiger partial charge in [0.25, 0.3) is 5.91 Å². The molecule has 1 fully saturated rings. The number of carbonyl (C=O) groups is 1. The number of carbonyl (C=O) groups excluding carboxylic acids is 1. The minimum atomic E-state index is 0.132. The predicted octanol–water partition coefficient (Wildman–Crippen LogP) is 3.58. The molecule has 1 aliphatic heterocycles. The van der Waals surface area contributed by atoms with E-state index < -0.39 is 0 Å². The lowest BCUT2D eigenvalue weighted by molar-refractivity contribution is 0.0589. The van der Waals surface area contributed by atoms with Crippen LogP contribution >= 0.6 is 23.6 Å². The molecule has 0 spiro atoms. The summed E-state index contributed by atoms with van der Waals surface area (Å²) in [4.78, 5) is 17.5. The number of nitrogens with zero attached hydrogens (tertiary/aromatic N) is 5. The van der Waals surface area contributed by atoms with Crippen molar-refractivity contribution in [2.24, 2.45) is 0 Å². The lowest BCUT2D eigenvalue weighted by Crippen LogP contribution is -2.48. The Hall–Kier alpha value is -2.29. The van der Waals surface area contributed by atoms with Gasteiger partial charge in [-0.1, -0.05) is 36.4 Å². The average Bonchev–Trinajstić information content (AvgIpc) is 3.37. The predicted molar refractivity (Wildman–Crippen MR) is 114 cm³/mol. The fraction of sp³-hybridized carbons (Fsp3) is 0.350. The number of amides is 1. The van der Waals surface area contributed by atoms with Crippen LogP contribution in [0.5, 0.6) is 0 Å². The molecule has 4 rings (SSSR count). The van der Waals surface area contributed by atoms with Crippen molar-refractivity contribution in [1.29, 1.82) is 0 Å². The molecule has 0 radical (unpaired) electrons. The molecule has 0 unspecified atom stereocenters. The van der Waals surface area contributed by atoms with E-state index in [9.17, 15) is 4.79 Å². The largest absolute Gasteiger partial charge is 0.335 e. The van der Waals surface area contributed by atoms with Crippen molar-refractivity contribution in [3.63, 3.8) is 0 Å². The highest BCUT2D eigenvalue weighted by Gasteiger charge is 2.23. The smallest absolute Gasteiger partial charge is 0.264 e. The molecule has 1 saturated heterocycles. The van der Waals surface area contributed by atoms with Crippen LogP contribution in [0, 0.1) is 4.77 Å². The Balaban J connectivity index is 1.45. The topological polar surface area (TPSA) is 46.3 Å². The standard InChI is InChI=1S/C20H23N5OS2/c1-2-24-18(16-7-4-3-5-8-16)21-25(20(24)27)15-22-10-12-23(13-11-22)19(26)17-9-6-14-28-17/h3-9,14H,2,10-13,15H2,1H3. The van der Waals surface area contributed by atoms with Crippen LogP contribution in [-0.4, -0.2) is 56.2 Å². The zero-order chi connectivity index (χ0) is 19.5. The van der Waals surface area contributed by atoms with Crippen molar-refractivity contribution in [2.45, 2.75) is 20.1 Å². The van der Waals surface area contributed by atoms with E-state index in [1.807, 2.05) is 45.3 Å². The van der Waals surface area contributed by atoms with Gasteiger partial charge in [0.05, 0.1) is 11.5 Å². The van der Waals surface area contributed by atoms with Gasteiger partial charge < -0.3 is 9.47 Å². The van der Waals surface area contributed by atoms with E-state index in [2.05, 4.69) is 28.5 Å². The van der Waals surface area contributed by atoms with Gasteiger partial charge in [0.2, 0.25) is 0 Å². The van der Waals surface area contributed by atoms with Gasteiger partial charge in [-0.25, -0.2) is 4.68 Å². The molecule has 6 nitrogen and oxygen atoms in total. The second kappa shape index (κ2) is 8.38. The molecule has 1 amide bonds. The second-order valence-corrected chi connectivity index (χ2v) is 8.06. The number of piperazine rings is 1. The third kappa shape index (κ3) is 3.80. The first-order valence-corrected chi connectivity index (χ1v) is 10.7. The summed E-state index contributed by atoms with van der Waals surface area (Å²) in [6.45, 7) is 6.60. The normalized spacial score (nSPS) is 15.1. The minimum absolute atomic E-state index is 0.132. The minimum Gasteiger partial charge on any atom is -0.335 e. The summed E-state index contributed by atoms with van der Waals surface area (Å²) in [5, 5.41) is 6.74. The fourth-order valence-corrected chi connectivity index (χ4v) is 4.46. The molecule has 0 atom stereocenters. The SMILES string of the molecule is CCn1c(-c2ccccc2)nn(CN2CCN(C(=O)c3cccs3)CC2)c1=S. The van der Waals surface area contributed by atoms with Gasteiger partial charge in [-0.05, 0) is 30.6 Å². The van der Waals surface area contributed by atoms with Gasteiger partial charge in [0, 0.05) is 38.3 Å². The van der Waals surface area contributed by atoms with Gasteiger partial charge in [-0.15, -0.1) is 11.3 Å². The summed E-state index contributed by atoms with van der Waals surface area (Å²) in [6.07, 6.45) is 0. The number of hydrogen-bond donors (Lipinski definition) is 0. The third-order valence-electron chi connectivity index (χ3n) is 5.00. The molecule has 0 aliphatic carbocycles. The van der Waals surface area contributed by atoms with Crippen LogP contribution in [0.1, 0.15) is 16.6 Å². The number of rotatable bonds is 5. The highest BCUT2D eigenvalue weighted by atomic mass is 32.1. The number of benzene rings is 1. The Morgan fingerprint density at radius 3 is 2.50 bits per heavy atom. The highest BCUT2D eigenvalue weighted by Crippen LogP contribution is 2.19. The first kappa shape index (κ1) is 19.0. The van der Waals surface area contributed by atoms with Crippen LogP contribution in [0.15, 0.2) is 47.8 Å². The molecule has 0 N–H and O–H groups in total. The van der Waals surface area contributed by atoms with Gasteiger partial charge in [-0.3, -0.25) is 9.69 Å². The molecule has 3 heterocycles. The maximum Gasteiger partial charge on any atom is 0.264 e. The van der Waals surface area contributed by atoms with Crippen LogP contribution in [0.25, 0.3) is 11.4 Å². The molecule has 28 heavy (non-hydrogen) atoms. The Morgan fingerprint density at radius 1 is 1.11 bits per heavy atom. The van der Waals surface area contributed by atoms with Gasteiger partial charge in [0.15, 0.2) is 10.6 Å². The quantitative estimate of drug-likeness (QED) is 0.600. The highest BCUT2D eigenvalue weighted by molar-refractivity contribution is 7.71. The maximum absolute atomic E-state index is 12.5. The van der Waals surface area contributed by atoms with Crippen molar-refractivity contribution in [2.75, 3.05) is 26.2 Å². The lowest BCUT2D eigenvalue weighted by Gasteiger charge is -2.34. The van der Waals surface area contributed by atoms with E-state index in [1.54, 1.807) is 0 Å². The summed E-state index contributed by atoms with van der Waals surface area (Å²) in [7, 11) is 0. The molecule has 1 aliphatic rings. The van der Waals surface area contributed by atoms with E-state index >= 15 is 0 Å². The van der Waals surface area contributed by atoms with E-state index in [0.717, 1.165) is 53.8 Å². The van der Waals surface area contributed by atoms with Crippen LogP contribution in [0.2, 0.25) is 0 Å². The second-order valence-electron chi connectivity index (χ2n) is 6.74. The zero-order valence-corrected chi connectivity index (χ0v) is 17.5.